The Kier molecular flexibility index (Phi) is 5.33. The van der Waals surface area contributed by atoms with Gasteiger partial charge in [-0.05, 0) is 43.0 Å². The molecule has 3 aliphatic rings. The lowest BCUT2D eigenvalue weighted by molar-refractivity contribution is -0.133. The number of benzene rings is 1. The molecule has 2 unspecified atom stereocenters. The van der Waals surface area contributed by atoms with Crippen LogP contribution in [-0.4, -0.2) is 61.6 Å². The lowest BCUT2D eigenvalue weighted by atomic mass is 10.1. The van der Waals surface area contributed by atoms with E-state index in [-0.39, 0.29) is 41.9 Å². The highest BCUT2D eigenvalue weighted by Gasteiger charge is 2.37. The number of rotatable bonds is 4. The molecule has 1 N–H and O–H groups in total. The highest BCUT2D eigenvalue weighted by Crippen LogP contribution is 2.25. The summed E-state index contributed by atoms with van der Waals surface area (Å²) in [6.07, 6.45) is 1.97. The van der Waals surface area contributed by atoms with Crippen molar-refractivity contribution in [3.8, 4) is 0 Å². The summed E-state index contributed by atoms with van der Waals surface area (Å²) in [5.41, 5.74) is 2.06. The average molecular weight is 419 g/mol. The molecule has 1 aromatic carbocycles. The number of nitrogens with one attached hydrogen (secondary N) is 1. The topological polar surface area (TPSA) is 99.2 Å². The zero-order valence-electron chi connectivity index (χ0n) is 16.5. The standard InChI is InChI=1S/C20H26N4O4S/c1-14-8-10-23(12-14)16-4-2-15(3-5-16)21-20(26)18-6-7-19(25)24(22-18)17-9-11-29(27,28)13-17/h2-5,14,17H,6-13H2,1H3,(H,21,26). The third-order valence-corrected chi connectivity index (χ3v) is 7.54. The van der Waals surface area contributed by atoms with Gasteiger partial charge in [0.2, 0.25) is 5.91 Å². The first-order chi connectivity index (χ1) is 13.8. The molecule has 0 aromatic heterocycles. The van der Waals surface area contributed by atoms with Crippen LogP contribution in [0.15, 0.2) is 29.4 Å². The van der Waals surface area contributed by atoms with Gasteiger partial charge in [0, 0.05) is 37.3 Å². The molecule has 4 rings (SSSR count). The molecule has 1 aromatic rings. The van der Waals surface area contributed by atoms with Crippen molar-refractivity contribution in [2.24, 2.45) is 11.0 Å². The predicted octanol–water partition coefficient (Wildman–Crippen LogP) is 1.64. The molecule has 3 aliphatic heterocycles. The van der Waals surface area contributed by atoms with E-state index in [4.69, 9.17) is 0 Å². The van der Waals surface area contributed by atoms with Gasteiger partial charge in [-0.1, -0.05) is 6.92 Å². The number of sulfone groups is 1. The van der Waals surface area contributed by atoms with Crippen molar-refractivity contribution in [2.45, 2.75) is 38.6 Å². The molecule has 0 bridgehead atoms. The molecular weight excluding hydrogens is 392 g/mol. The van der Waals surface area contributed by atoms with E-state index in [0.29, 0.717) is 18.0 Å². The van der Waals surface area contributed by atoms with E-state index < -0.39 is 15.9 Å². The maximum atomic E-state index is 12.6. The van der Waals surface area contributed by atoms with Crippen LogP contribution in [0.5, 0.6) is 0 Å². The largest absolute Gasteiger partial charge is 0.371 e. The number of nitrogens with zero attached hydrogens (tertiary/aromatic N) is 3. The second kappa shape index (κ2) is 7.78. The van der Waals surface area contributed by atoms with E-state index in [1.807, 2.05) is 24.3 Å². The van der Waals surface area contributed by atoms with Gasteiger partial charge in [0.1, 0.15) is 5.71 Å². The van der Waals surface area contributed by atoms with E-state index >= 15 is 0 Å². The summed E-state index contributed by atoms with van der Waals surface area (Å²) in [5, 5.41) is 8.26. The van der Waals surface area contributed by atoms with E-state index in [0.717, 1.165) is 18.8 Å². The molecule has 0 spiro atoms. The summed E-state index contributed by atoms with van der Waals surface area (Å²) in [5.74, 6) is 0.0758. The number of amides is 2. The number of carbonyl (C=O) groups is 2. The SMILES string of the molecule is CC1CCN(c2ccc(NC(=O)C3=NN(C4CCS(=O)(=O)C4)C(=O)CC3)cc2)C1. The number of carbonyl (C=O) groups excluding carboxylic acids is 2. The quantitative estimate of drug-likeness (QED) is 0.801. The Balaban J connectivity index is 1.42. The molecule has 156 valence electrons. The molecule has 3 heterocycles. The molecule has 2 saturated heterocycles. The molecule has 0 saturated carbocycles. The van der Waals surface area contributed by atoms with Crippen LogP contribution in [0.4, 0.5) is 11.4 Å². The first kappa shape index (κ1) is 19.9. The summed E-state index contributed by atoms with van der Waals surface area (Å²) in [6, 6.07) is 7.25. The van der Waals surface area contributed by atoms with Gasteiger partial charge in [-0.3, -0.25) is 9.59 Å². The van der Waals surface area contributed by atoms with Gasteiger partial charge in [0.15, 0.2) is 9.84 Å². The van der Waals surface area contributed by atoms with Crippen molar-refractivity contribution in [1.82, 2.24) is 5.01 Å². The monoisotopic (exact) mass is 418 g/mol. The first-order valence-electron chi connectivity index (χ1n) is 10.1. The third-order valence-electron chi connectivity index (χ3n) is 5.79. The third kappa shape index (κ3) is 4.44. The van der Waals surface area contributed by atoms with Crippen LogP contribution in [0, 0.1) is 5.92 Å². The predicted molar refractivity (Wildman–Crippen MR) is 112 cm³/mol. The maximum Gasteiger partial charge on any atom is 0.271 e. The van der Waals surface area contributed by atoms with Crippen LogP contribution in [0.3, 0.4) is 0 Å². The smallest absolute Gasteiger partial charge is 0.271 e. The Labute approximate surface area is 170 Å². The zero-order chi connectivity index (χ0) is 20.6. The van der Waals surface area contributed by atoms with Crippen molar-refractivity contribution < 1.29 is 18.0 Å². The van der Waals surface area contributed by atoms with Crippen LogP contribution >= 0.6 is 0 Å². The van der Waals surface area contributed by atoms with Gasteiger partial charge in [-0.15, -0.1) is 0 Å². The Morgan fingerprint density at radius 3 is 2.55 bits per heavy atom. The minimum atomic E-state index is -3.14. The van der Waals surface area contributed by atoms with Crippen LogP contribution in [0.1, 0.15) is 32.6 Å². The molecule has 8 nitrogen and oxygen atoms in total. The summed E-state index contributed by atoms with van der Waals surface area (Å²) in [6.45, 7) is 4.34. The molecule has 2 amide bonds. The Morgan fingerprint density at radius 1 is 1.17 bits per heavy atom. The van der Waals surface area contributed by atoms with E-state index in [9.17, 15) is 18.0 Å². The minimum Gasteiger partial charge on any atom is -0.371 e. The first-order valence-corrected chi connectivity index (χ1v) is 11.9. The van der Waals surface area contributed by atoms with Crippen molar-refractivity contribution in [2.75, 3.05) is 34.8 Å². The molecule has 29 heavy (non-hydrogen) atoms. The molecule has 0 aliphatic carbocycles. The zero-order valence-corrected chi connectivity index (χ0v) is 17.3. The second-order valence-corrected chi connectivity index (χ2v) is 10.4. The summed E-state index contributed by atoms with van der Waals surface area (Å²) < 4.78 is 23.4. The minimum absolute atomic E-state index is 0.0562. The molecule has 0 radical (unpaired) electrons. The highest BCUT2D eigenvalue weighted by atomic mass is 32.2. The fraction of sp³-hybridized carbons (Fsp3) is 0.550. The fourth-order valence-corrected chi connectivity index (χ4v) is 5.81. The maximum absolute atomic E-state index is 12.6. The second-order valence-electron chi connectivity index (χ2n) is 8.18. The average Bonchev–Trinajstić information content (AvgIpc) is 3.28. The van der Waals surface area contributed by atoms with Crippen molar-refractivity contribution in [3.05, 3.63) is 24.3 Å². The molecular formula is C20H26N4O4S. The summed E-state index contributed by atoms with van der Waals surface area (Å²) >= 11 is 0. The normalized spacial score (nSPS) is 26.5. The lowest BCUT2D eigenvalue weighted by Gasteiger charge is -2.27. The van der Waals surface area contributed by atoms with Crippen LogP contribution in [0.2, 0.25) is 0 Å². The number of hydrogen-bond acceptors (Lipinski definition) is 6. The fourth-order valence-electron chi connectivity index (χ4n) is 4.12. The van der Waals surface area contributed by atoms with Gasteiger partial charge in [-0.25, -0.2) is 13.4 Å². The van der Waals surface area contributed by atoms with Crippen LogP contribution in [-0.2, 0) is 19.4 Å². The van der Waals surface area contributed by atoms with Gasteiger partial charge in [0.25, 0.3) is 5.91 Å². The lowest BCUT2D eigenvalue weighted by Crippen LogP contribution is -2.42. The Bertz CT molecular complexity index is 942. The van der Waals surface area contributed by atoms with E-state index in [1.165, 1.54) is 11.4 Å². The van der Waals surface area contributed by atoms with Gasteiger partial charge < -0.3 is 10.2 Å². The van der Waals surface area contributed by atoms with Crippen molar-refractivity contribution in [1.29, 1.82) is 0 Å². The van der Waals surface area contributed by atoms with Gasteiger partial charge in [0.05, 0.1) is 17.5 Å². The molecule has 2 atom stereocenters. The van der Waals surface area contributed by atoms with E-state index in [2.05, 4.69) is 22.2 Å². The number of anilines is 2. The van der Waals surface area contributed by atoms with Gasteiger partial charge in [-0.2, -0.15) is 5.10 Å². The van der Waals surface area contributed by atoms with Gasteiger partial charge >= 0.3 is 0 Å². The van der Waals surface area contributed by atoms with Crippen LogP contribution in [0.25, 0.3) is 0 Å². The summed E-state index contributed by atoms with van der Waals surface area (Å²) in [7, 11) is -3.14. The number of hydrazone groups is 1. The van der Waals surface area contributed by atoms with Crippen molar-refractivity contribution in [3.63, 3.8) is 0 Å². The Hall–Kier alpha value is -2.42. The molecule has 9 heteroatoms. The van der Waals surface area contributed by atoms with Crippen molar-refractivity contribution >= 4 is 38.7 Å². The highest BCUT2D eigenvalue weighted by molar-refractivity contribution is 7.91. The molecule has 2 fully saturated rings. The Morgan fingerprint density at radius 2 is 1.93 bits per heavy atom. The van der Waals surface area contributed by atoms with Crippen LogP contribution < -0.4 is 10.2 Å². The van der Waals surface area contributed by atoms with E-state index in [1.54, 1.807) is 0 Å². The number of hydrogen-bond donors (Lipinski definition) is 1. The summed E-state index contributed by atoms with van der Waals surface area (Å²) in [4.78, 5) is 27.2.